The molecule has 1 atom stereocenters. The Hall–Kier alpha value is -0.610. The first-order valence-electron chi connectivity index (χ1n) is 7.03. The molecule has 0 spiro atoms. The van der Waals surface area contributed by atoms with E-state index in [1.165, 1.54) is 0 Å². The van der Waals surface area contributed by atoms with Crippen LogP contribution in [0.1, 0.15) is 46.5 Å². The van der Waals surface area contributed by atoms with E-state index < -0.39 is 0 Å². The average Bonchev–Trinajstić information content (AvgIpc) is 2.34. The zero-order valence-electron chi connectivity index (χ0n) is 12.3. The summed E-state index contributed by atoms with van der Waals surface area (Å²) in [5, 5.41) is 3.34. The van der Waals surface area contributed by atoms with Crippen molar-refractivity contribution in [3.63, 3.8) is 0 Å². The summed E-state index contributed by atoms with van der Waals surface area (Å²) in [6.07, 6.45) is 3.64. The van der Waals surface area contributed by atoms with Crippen molar-refractivity contribution in [3.05, 3.63) is 0 Å². The van der Waals surface area contributed by atoms with Gasteiger partial charge in [0.25, 0.3) is 0 Å². The van der Waals surface area contributed by atoms with E-state index in [-0.39, 0.29) is 11.5 Å². The van der Waals surface area contributed by atoms with E-state index in [4.69, 9.17) is 4.74 Å². The van der Waals surface area contributed by atoms with E-state index in [1.54, 1.807) is 7.11 Å². The van der Waals surface area contributed by atoms with Crippen LogP contribution in [0.3, 0.4) is 0 Å². The SMILES string of the molecule is COC1(C)CCCN(C(=O)CCCNC(C)C)C1. The molecule has 1 rings (SSSR count). The molecule has 1 amide bonds. The number of nitrogens with zero attached hydrogens (tertiary/aromatic N) is 1. The van der Waals surface area contributed by atoms with Crippen LogP contribution in [-0.4, -0.2) is 49.2 Å². The van der Waals surface area contributed by atoms with Crippen LogP contribution in [0.2, 0.25) is 0 Å². The van der Waals surface area contributed by atoms with E-state index in [0.717, 1.165) is 38.9 Å². The Labute approximate surface area is 111 Å². The molecule has 106 valence electrons. The summed E-state index contributed by atoms with van der Waals surface area (Å²) in [5.74, 6) is 0.267. The Morgan fingerprint density at radius 1 is 1.50 bits per heavy atom. The van der Waals surface area contributed by atoms with Gasteiger partial charge in [-0.25, -0.2) is 0 Å². The Morgan fingerprint density at radius 3 is 2.83 bits per heavy atom. The molecule has 0 radical (unpaired) electrons. The van der Waals surface area contributed by atoms with Crippen molar-refractivity contribution in [1.82, 2.24) is 10.2 Å². The Bertz CT molecular complexity index is 269. The molecule has 1 aliphatic rings. The Balaban J connectivity index is 2.29. The highest BCUT2D eigenvalue weighted by Crippen LogP contribution is 2.24. The fourth-order valence-electron chi connectivity index (χ4n) is 2.37. The van der Waals surface area contributed by atoms with Gasteiger partial charge < -0.3 is 15.0 Å². The van der Waals surface area contributed by atoms with Crippen LogP contribution in [0, 0.1) is 0 Å². The molecule has 4 nitrogen and oxygen atoms in total. The molecule has 1 N–H and O–H groups in total. The van der Waals surface area contributed by atoms with Crippen molar-refractivity contribution >= 4 is 5.91 Å². The molecule has 0 aromatic carbocycles. The van der Waals surface area contributed by atoms with Crippen molar-refractivity contribution in [3.8, 4) is 0 Å². The Morgan fingerprint density at radius 2 is 2.22 bits per heavy atom. The third-order valence-electron chi connectivity index (χ3n) is 3.62. The van der Waals surface area contributed by atoms with Gasteiger partial charge in [-0.2, -0.15) is 0 Å². The first-order valence-corrected chi connectivity index (χ1v) is 7.03. The quantitative estimate of drug-likeness (QED) is 0.737. The first-order chi connectivity index (χ1) is 8.47. The van der Waals surface area contributed by atoms with Crippen LogP contribution in [0.4, 0.5) is 0 Å². The van der Waals surface area contributed by atoms with Crippen molar-refractivity contribution in [1.29, 1.82) is 0 Å². The van der Waals surface area contributed by atoms with Gasteiger partial charge in [-0.15, -0.1) is 0 Å². The third-order valence-corrected chi connectivity index (χ3v) is 3.62. The molecule has 0 aliphatic carbocycles. The maximum absolute atomic E-state index is 12.1. The van der Waals surface area contributed by atoms with Gasteiger partial charge in [0.2, 0.25) is 5.91 Å². The molecule has 0 aromatic heterocycles. The molecule has 0 saturated carbocycles. The molecule has 0 aromatic rings. The molecule has 1 saturated heterocycles. The zero-order valence-corrected chi connectivity index (χ0v) is 12.3. The first kappa shape index (κ1) is 15.4. The van der Waals surface area contributed by atoms with Crippen LogP contribution in [-0.2, 0) is 9.53 Å². The number of likely N-dealkylation sites (tertiary alicyclic amines) is 1. The number of methoxy groups -OCH3 is 1. The van der Waals surface area contributed by atoms with Crippen molar-refractivity contribution < 1.29 is 9.53 Å². The summed E-state index contributed by atoms with van der Waals surface area (Å²) in [5.41, 5.74) is -0.149. The molecule has 1 aliphatic heterocycles. The highest BCUT2D eigenvalue weighted by atomic mass is 16.5. The Kier molecular flexibility index (Phi) is 6.09. The van der Waals surface area contributed by atoms with Gasteiger partial charge in [-0.3, -0.25) is 4.79 Å². The predicted octanol–water partition coefficient (Wildman–Crippen LogP) is 1.79. The lowest BCUT2D eigenvalue weighted by molar-refractivity contribution is -0.139. The second-order valence-corrected chi connectivity index (χ2v) is 5.79. The molecule has 0 bridgehead atoms. The highest BCUT2D eigenvalue weighted by molar-refractivity contribution is 5.76. The molecular weight excluding hydrogens is 228 g/mol. The van der Waals surface area contributed by atoms with Crippen molar-refractivity contribution in [2.75, 3.05) is 26.7 Å². The largest absolute Gasteiger partial charge is 0.377 e. The van der Waals surface area contributed by atoms with Crippen LogP contribution in [0.15, 0.2) is 0 Å². The fraction of sp³-hybridized carbons (Fsp3) is 0.929. The zero-order chi connectivity index (χ0) is 13.6. The molecular formula is C14H28N2O2. The van der Waals surface area contributed by atoms with E-state index in [0.29, 0.717) is 12.5 Å². The summed E-state index contributed by atoms with van der Waals surface area (Å²) in [4.78, 5) is 14.0. The normalized spacial score (nSPS) is 24.6. The lowest BCUT2D eigenvalue weighted by Gasteiger charge is -2.39. The van der Waals surface area contributed by atoms with Gasteiger partial charge >= 0.3 is 0 Å². The van der Waals surface area contributed by atoms with Crippen LogP contribution in [0.5, 0.6) is 0 Å². The molecule has 1 heterocycles. The van der Waals surface area contributed by atoms with Crippen molar-refractivity contribution in [2.24, 2.45) is 0 Å². The summed E-state index contributed by atoms with van der Waals surface area (Å²) < 4.78 is 5.51. The fourth-order valence-corrected chi connectivity index (χ4v) is 2.37. The number of carbonyl (C=O) groups is 1. The maximum Gasteiger partial charge on any atom is 0.222 e. The lowest BCUT2D eigenvalue weighted by Crippen LogP contribution is -2.49. The standard InChI is InChI=1S/C14H28N2O2/c1-12(2)15-9-5-7-13(17)16-10-6-8-14(3,11-16)18-4/h12,15H,5-11H2,1-4H3. The minimum absolute atomic E-state index is 0.149. The number of hydrogen-bond acceptors (Lipinski definition) is 3. The summed E-state index contributed by atoms with van der Waals surface area (Å²) in [6, 6.07) is 0.492. The minimum atomic E-state index is -0.149. The number of rotatable bonds is 6. The van der Waals surface area contributed by atoms with Crippen molar-refractivity contribution in [2.45, 2.75) is 58.1 Å². The smallest absolute Gasteiger partial charge is 0.222 e. The van der Waals surface area contributed by atoms with Crippen LogP contribution in [0.25, 0.3) is 0 Å². The van der Waals surface area contributed by atoms with Gasteiger partial charge in [-0.05, 0) is 32.7 Å². The number of hydrogen-bond donors (Lipinski definition) is 1. The maximum atomic E-state index is 12.1. The summed E-state index contributed by atoms with van der Waals surface area (Å²) in [7, 11) is 1.74. The topological polar surface area (TPSA) is 41.6 Å². The van der Waals surface area contributed by atoms with Gasteiger partial charge in [0, 0.05) is 32.7 Å². The minimum Gasteiger partial charge on any atom is -0.377 e. The molecule has 1 fully saturated rings. The van der Waals surface area contributed by atoms with Gasteiger partial charge in [0.1, 0.15) is 0 Å². The predicted molar refractivity (Wildman–Crippen MR) is 73.6 cm³/mol. The summed E-state index contributed by atoms with van der Waals surface area (Å²) >= 11 is 0. The van der Waals surface area contributed by atoms with Gasteiger partial charge in [0.15, 0.2) is 0 Å². The van der Waals surface area contributed by atoms with Crippen LogP contribution < -0.4 is 5.32 Å². The highest BCUT2D eigenvalue weighted by Gasteiger charge is 2.32. The molecule has 1 unspecified atom stereocenters. The number of amides is 1. The molecule has 18 heavy (non-hydrogen) atoms. The number of piperidine rings is 1. The van der Waals surface area contributed by atoms with E-state index >= 15 is 0 Å². The average molecular weight is 256 g/mol. The second-order valence-electron chi connectivity index (χ2n) is 5.79. The summed E-state index contributed by atoms with van der Waals surface area (Å²) in [6.45, 7) is 8.87. The second kappa shape index (κ2) is 7.10. The third kappa shape index (κ3) is 4.94. The van der Waals surface area contributed by atoms with Gasteiger partial charge in [-0.1, -0.05) is 13.8 Å². The lowest BCUT2D eigenvalue weighted by atomic mass is 9.94. The molecule has 4 heteroatoms. The number of ether oxygens (including phenoxy) is 1. The van der Waals surface area contributed by atoms with Crippen LogP contribution >= 0.6 is 0 Å². The van der Waals surface area contributed by atoms with E-state index in [1.807, 2.05) is 4.90 Å². The van der Waals surface area contributed by atoms with E-state index in [2.05, 4.69) is 26.1 Å². The van der Waals surface area contributed by atoms with E-state index in [9.17, 15) is 4.79 Å². The number of carbonyl (C=O) groups excluding carboxylic acids is 1. The van der Waals surface area contributed by atoms with Gasteiger partial charge in [0.05, 0.1) is 5.60 Å². The number of nitrogens with one attached hydrogen (secondary N) is 1. The monoisotopic (exact) mass is 256 g/mol.